The van der Waals surface area contributed by atoms with Gasteiger partial charge in [0.25, 0.3) is 5.91 Å². The summed E-state index contributed by atoms with van der Waals surface area (Å²) in [7, 11) is 1.83. The van der Waals surface area contributed by atoms with Gasteiger partial charge in [-0.3, -0.25) is 9.48 Å². The largest absolute Gasteiger partial charge is 0.348 e. The van der Waals surface area contributed by atoms with Gasteiger partial charge >= 0.3 is 0 Å². The van der Waals surface area contributed by atoms with Gasteiger partial charge in [-0.1, -0.05) is 18.2 Å². The Balaban J connectivity index is 1.70. The number of carbonyl (C=O) groups excluding carboxylic acids is 1. The van der Waals surface area contributed by atoms with Crippen molar-refractivity contribution in [2.24, 2.45) is 7.05 Å². The molecule has 0 aliphatic carbocycles. The van der Waals surface area contributed by atoms with Gasteiger partial charge in [0.1, 0.15) is 6.10 Å². The summed E-state index contributed by atoms with van der Waals surface area (Å²) in [5, 5.41) is 8.01. The molecule has 1 unspecified atom stereocenters. The standard InChI is InChI=1S/C15H19N3O3/c1-15(2)20-9-10(21-15)8-16-14(19)13-11-6-4-5-7-12(11)18(3)17-13/h4-7,10H,8-9H2,1-3H3,(H,16,19). The summed E-state index contributed by atoms with van der Waals surface area (Å²) in [6.07, 6.45) is -0.126. The van der Waals surface area contributed by atoms with E-state index in [1.54, 1.807) is 4.68 Å². The first-order valence-corrected chi connectivity index (χ1v) is 6.98. The number of nitrogens with one attached hydrogen (secondary N) is 1. The molecule has 6 heteroatoms. The third-order valence-electron chi connectivity index (χ3n) is 3.53. The molecule has 1 aliphatic heterocycles. The molecule has 21 heavy (non-hydrogen) atoms. The molecule has 6 nitrogen and oxygen atoms in total. The maximum absolute atomic E-state index is 12.3. The molecule has 1 aliphatic rings. The molecule has 1 aromatic carbocycles. The molecule has 0 radical (unpaired) electrons. The average molecular weight is 289 g/mol. The monoisotopic (exact) mass is 289 g/mol. The SMILES string of the molecule is Cn1nc(C(=O)NCC2COC(C)(C)O2)c2ccccc21. The fraction of sp³-hybridized carbons (Fsp3) is 0.467. The second-order valence-corrected chi connectivity index (χ2v) is 5.65. The molecule has 1 aromatic heterocycles. The lowest BCUT2D eigenvalue weighted by Gasteiger charge is -2.17. The van der Waals surface area contributed by atoms with Gasteiger partial charge in [-0.25, -0.2) is 0 Å². The van der Waals surface area contributed by atoms with Crippen LogP contribution in [0.1, 0.15) is 24.3 Å². The van der Waals surface area contributed by atoms with E-state index in [1.807, 2.05) is 45.2 Å². The molecular formula is C15H19N3O3. The van der Waals surface area contributed by atoms with E-state index in [0.29, 0.717) is 18.8 Å². The van der Waals surface area contributed by atoms with E-state index in [1.165, 1.54) is 0 Å². The minimum Gasteiger partial charge on any atom is -0.348 e. The Morgan fingerprint density at radius 3 is 2.95 bits per heavy atom. The number of carbonyl (C=O) groups is 1. The van der Waals surface area contributed by atoms with E-state index < -0.39 is 5.79 Å². The Kier molecular flexibility index (Phi) is 3.43. The van der Waals surface area contributed by atoms with Crippen molar-refractivity contribution in [3.8, 4) is 0 Å². The van der Waals surface area contributed by atoms with Crippen LogP contribution >= 0.6 is 0 Å². The smallest absolute Gasteiger partial charge is 0.272 e. The number of benzene rings is 1. The number of amides is 1. The number of rotatable bonds is 3. The molecule has 112 valence electrons. The maximum atomic E-state index is 12.3. The third kappa shape index (κ3) is 2.77. The molecule has 0 spiro atoms. The average Bonchev–Trinajstić information content (AvgIpc) is 2.97. The summed E-state index contributed by atoms with van der Waals surface area (Å²) in [5.74, 6) is -0.771. The minimum atomic E-state index is -0.576. The van der Waals surface area contributed by atoms with Crippen molar-refractivity contribution in [2.75, 3.05) is 13.2 Å². The molecule has 1 amide bonds. The molecule has 1 saturated heterocycles. The van der Waals surface area contributed by atoms with Crippen LogP contribution in [0.15, 0.2) is 24.3 Å². The van der Waals surface area contributed by atoms with Crippen LogP contribution in [0.3, 0.4) is 0 Å². The van der Waals surface area contributed by atoms with Crippen molar-refractivity contribution < 1.29 is 14.3 Å². The van der Waals surface area contributed by atoms with Crippen molar-refractivity contribution >= 4 is 16.8 Å². The highest BCUT2D eigenvalue weighted by Gasteiger charge is 2.32. The first-order chi connectivity index (χ1) is 9.96. The van der Waals surface area contributed by atoms with Crippen molar-refractivity contribution in [1.82, 2.24) is 15.1 Å². The lowest BCUT2D eigenvalue weighted by atomic mass is 10.2. The summed E-state index contributed by atoms with van der Waals surface area (Å²) in [4.78, 5) is 12.3. The quantitative estimate of drug-likeness (QED) is 0.929. The Hall–Kier alpha value is -1.92. The Morgan fingerprint density at radius 1 is 1.48 bits per heavy atom. The number of aryl methyl sites for hydroxylation is 1. The first kappa shape index (κ1) is 14.0. The topological polar surface area (TPSA) is 65.4 Å². The van der Waals surface area contributed by atoms with Gasteiger partial charge in [0, 0.05) is 19.0 Å². The number of hydrogen-bond donors (Lipinski definition) is 1. The fourth-order valence-electron chi connectivity index (χ4n) is 2.54. The van der Waals surface area contributed by atoms with Gasteiger partial charge in [0.15, 0.2) is 11.5 Å². The van der Waals surface area contributed by atoms with Gasteiger partial charge in [0.2, 0.25) is 0 Å². The minimum absolute atomic E-state index is 0.126. The summed E-state index contributed by atoms with van der Waals surface area (Å²) < 4.78 is 12.8. The Labute approximate surface area is 123 Å². The second kappa shape index (κ2) is 5.13. The van der Waals surface area contributed by atoms with Crippen LogP contribution in [0.5, 0.6) is 0 Å². The van der Waals surface area contributed by atoms with E-state index >= 15 is 0 Å². The van der Waals surface area contributed by atoms with E-state index in [4.69, 9.17) is 9.47 Å². The highest BCUT2D eigenvalue weighted by atomic mass is 16.7. The van der Waals surface area contributed by atoms with Crippen LogP contribution in [0.25, 0.3) is 10.9 Å². The van der Waals surface area contributed by atoms with Gasteiger partial charge in [0.05, 0.1) is 12.1 Å². The van der Waals surface area contributed by atoms with E-state index in [2.05, 4.69) is 10.4 Å². The molecule has 3 rings (SSSR count). The molecule has 1 fully saturated rings. The number of nitrogens with zero attached hydrogens (tertiary/aromatic N) is 2. The zero-order valence-corrected chi connectivity index (χ0v) is 12.4. The summed E-state index contributed by atoms with van der Waals surface area (Å²) in [6.45, 7) is 4.62. The Bertz CT molecular complexity index is 678. The molecular weight excluding hydrogens is 270 g/mol. The maximum Gasteiger partial charge on any atom is 0.272 e. The summed E-state index contributed by atoms with van der Waals surface area (Å²) >= 11 is 0. The highest BCUT2D eigenvalue weighted by molar-refractivity contribution is 6.04. The van der Waals surface area contributed by atoms with Crippen LogP contribution in [0.4, 0.5) is 0 Å². The van der Waals surface area contributed by atoms with Crippen molar-refractivity contribution in [2.45, 2.75) is 25.7 Å². The molecule has 2 aromatic rings. The lowest BCUT2D eigenvalue weighted by molar-refractivity contribution is -0.137. The zero-order chi connectivity index (χ0) is 15.0. The lowest BCUT2D eigenvalue weighted by Crippen LogP contribution is -2.34. The van der Waals surface area contributed by atoms with E-state index in [-0.39, 0.29) is 12.0 Å². The summed E-state index contributed by atoms with van der Waals surface area (Å²) in [6, 6.07) is 7.67. The normalized spacial score (nSPS) is 20.8. The Morgan fingerprint density at radius 2 is 2.24 bits per heavy atom. The van der Waals surface area contributed by atoms with Crippen LogP contribution in [0, 0.1) is 0 Å². The molecule has 0 saturated carbocycles. The first-order valence-electron chi connectivity index (χ1n) is 6.98. The number of fused-ring (bicyclic) bond motifs is 1. The van der Waals surface area contributed by atoms with Crippen LogP contribution in [-0.4, -0.2) is 40.7 Å². The van der Waals surface area contributed by atoms with Gasteiger partial charge < -0.3 is 14.8 Å². The molecule has 1 atom stereocenters. The van der Waals surface area contributed by atoms with Gasteiger partial charge in [-0.15, -0.1) is 0 Å². The van der Waals surface area contributed by atoms with E-state index in [9.17, 15) is 4.79 Å². The van der Waals surface area contributed by atoms with Crippen LogP contribution < -0.4 is 5.32 Å². The predicted molar refractivity (Wildman–Crippen MR) is 78.0 cm³/mol. The van der Waals surface area contributed by atoms with E-state index in [0.717, 1.165) is 10.9 Å². The predicted octanol–water partition coefficient (Wildman–Crippen LogP) is 1.45. The highest BCUT2D eigenvalue weighted by Crippen LogP contribution is 2.22. The summed E-state index contributed by atoms with van der Waals surface area (Å²) in [5.41, 5.74) is 1.37. The molecule has 1 N–H and O–H groups in total. The van der Waals surface area contributed by atoms with Gasteiger partial charge in [-0.2, -0.15) is 5.10 Å². The van der Waals surface area contributed by atoms with Crippen molar-refractivity contribution in [1.29, 1.82) is 0 Å². The number of ether oxygens (including phenoxy) is 2. The second-order valence-electron chi connectivity index (χ2n) is 5.65. The van der Waals surface area contributed by atoms with Gasteiger partial charge in [-0.05, 0) is 19.9 Å². The third-order valence-corrected chi connectivity index (χ3v) is 3.53. The number of hydrogen-bond acceptors (Lipinski definition) is 4. The fourth-order valence-corrected chi connectivity index (χ4v) is 2.54. The molecule has 2 heterocycles. The number of para-hydroxylation sites is 1. The van der Waals surface area contributed by atoms with Crippen LogP contribution in [0.2, 0.25) is 0 Å². The zero-order valence-electron chi connectivity index (χ0n) is 12.4. The molecule has 0 bridgehead atoms. The van der Waals surface area contributed by atoms with Crippen molar-refractivity contribution in [3.63, 3.8) is 0 Å². The number of aromatic nitrogens is 2. The van der Waals surface area contributed by atoms with Crippen molar-refractivity contribution in [3.05, 3.63) is 30.0 Å². The van der Waals surface area contributed by atoms with Crippen LogP contribution in [-0.2, 0) is 16.5 Å².